The summed E-state index contributed by atoms with van der Waals surface area (Å²) in [4.78, 5) is 0. The van der Waals surface area contributed by atoms with Crippen molar-refractivity contribution in [2.45, 2.75) is 37.5 Å². The van der Waals surface area contributed by atoms with Crippen LogP contribution in [-0.2, 0) is 6.54 Å². The molecule has 0 amide bonds. The summed E-state index contributed by atoms with van der Waals surface area (Å²) in [6.45, 7) is 4.07. The van der Waals surface area contributed by atoms with E-state index in [4.69, 9.17) is 11.6 Å². The average Bonchev–Trinajstić information content (AvgIpc) is 2.27. The second-order valence-corrected chi connectivity index (χ2v) is 6.61. The average molecular weight is 270 g/mol. The first kappa shape index (κ1) is 13.3. The highest BCUT2D eigenvalue weighted by Gasteiger charge is 2.35. The summed E-state index contributed by atoms with van der Waals surface area (Å²) in [5.41, 5.74) is 2.42. The van der Waals surface area contributed by atoms with Gasteiger partial charge in [-0.15, -0.1) is 0 Å². The van der Waals surface area contributed by atoms with E-state index in [-0.39, 0.29) is 0 Å². The molecule has 1 aliphatic carbocycles. The lowest BCUT2D eigenvalue weighted by atomic mass is 9.84. The number of benzene rings is 1. The highest BCUT2D eigenvalue weighted by atomic mass is 35.5. The van der Waals surface area contributed by atoms with Gasteiger partial charge in [-0.2, -0.15) is 11.8 Å². The molecule has 1 aromatic rings. The van der Waals surface area contributed by atoms with E-state index in [9.17, 15) is 0 Å². The Labute approximate surface area is 113 Å². The Morgan fingerprint density at radius 3 is 2.71 bits per heavy atom. The number of aryl methyl sites for hydroxylation is 1. The number of rotatable bonds is 5. The molecule has 1 aliphatic rings. The largest absolute Gasteiger partial charge is 0.311 e. The van der Waals surface area contributed by atoms with Crippen molar-refractivity contribution in [2.75, 3.05) is 12.8 Å². The van der Waals surface area contributed by atoms with Crippen molar-refractivity contribution in [1.82, 2.24) is 5.32 Å². The zero-order chi connectivity index (χ0) is 12.3. The minimum absolute atomic E-state index is 0.508. The van der Waals surface area contributed by atoms with Gasteiger partial charge in [-0.25, -0.2) is 0 Å². The molecule has 0 aromatic heterocycles. The second kappa shape index (κ2) is 5.64. The fourth-order valence-corrected chi connectivity index (χ4v) is 3.35. The minimum atomic E-state index is 0.508. The van der Waals surface area contributed by atoms with E-state index in [0.717, 1.165) is 23.7 Å². The quantitative estimate of drug-likeness (QED) is 0.866. The molecule has 17 heavy (non-hydrogen) atoms. The van der Waals surface area contributed by atoms with E-state index in [1.807, 2.05) is 18.7 Å². The zero-order valence-electron chi connectivity index (χ0n) is 10.6. The van der Waals surface area contributed by atoms with Gasteiger partial charge in [0, 0.05) is 22.9 Å². The summed E-state index contributed by atoms with van der Waals surface area (Å²) in [5, 5.41) is 4.43. The molecular formula is C14H20ClNS. The van der Waals surface area contributed by atoms with Crippen molar-refractivity contribution in [1.29, 1.82) is 0 Å². The molecule has 2 rings (SSSR count). The fourth-order valence-electron chi connectivity index (χ4n) is 2.21. The SMILES string of the molecule is CSC1(CNCc2ccc(C)c(Cl)c2)CCC1. The van der Waals surface area contributed by atoms with Gasteiger partial charge in [-0.1, -0.05) is 30.2 Å². The molecule has 1 N–H and O–H groups in total. The van der Waals surface area contributed by atoms with E-state index in [2.05, 4.69) is 29.8 Å². The summed E-state index contributed by atoms with van der Waals surface area (Å²) in [5.74, 6) is 0. The van der Waals surface area contributed by atoms with Crippen LogP contribution in [-0.4, -0.2) is 17.5 Å². The van der Waals surface area contributed by atoms with Crippen LogP contribution in [0.5, 0.6) is 0 Å². The lowest BCUT2D eigenvalue weighted by molar-refractivity contribution is 0.345. The first-order valence-corrected chi connectivity index (χ1v) is 7.76. The van der Waals surface area contributed by atoms with Gasteiger partial charge in [-0.3, -0.25) is 0 Å². The maximum atomic E-state index is 6.12. The van der Waals surface area contributed by atoms with Crippen LogP contribution < -0.4 is 5.32 Å². The van der Waals surface area contributed by atoms with Gasteiger partial charge in [-0.05, 0) is 43.2 Å². The van der Waals surface area contributed by atoms with Gasteiger partial charge >= 0.3 is 0 Å². The van der Waals surface area contributed by atoms with Gasteiger partial charge in [0.2, 0.25) is 0 Å². The summed E-state index contributed by atoms with van der Waals surface area (Å²) in [7, 11) is 0. The van der Waals surface area contributed by atoms with E-state index in [0.29, 0.717) is 4.75 Å². The molecule has 0 saturated heterocycles. The van der Waals surface area contributed by atoms with Gasteiger partial charge < -0.3 is 5.32 Å². The molecule has 0 unspecified atom stereocenters. The van der Waals surface area contributed by atoms with Crippen LogP contribution in [0.2, 0.25) is 5.02 Å². The van der Waals surface area contributed by atoms with Crippen molar-refractivity contribution in [2.24, 2.45) is 0 Å². The molecule has 0 heterocycles. The van der Waals surface area contributed by atoms with Crippen molar-refractivity contribution < 1.29 is 0 Å². The topological polar surface area (TPSA) is 12.0 Å². The van der Waals surface area contributed by atoms with Gasteiger partial charge in [0.25, 0.3) is 0 Å². The number of hydrogen-bond acceptors (Lipinski definition) is 2. The van der Waals surface area contributed by atoms with Crippen LogP contribution in [0.1, 0.15) is 30.4 Å². The zero-order valence-corrected chi connectivity index (χ0v) is 12.1. The molecule has 0 atom stereocenters. The third-order valence-electron chi connectivity index (χ3n) is 3.71. The van der Waals surface area contributed by atoms with E-state index in [1.54, 1.807) is 0 Å². The Morgan fingerprint density at radius 2 is 2.18 bits per heavy atom. The Kier molecular flexibility index (Phi) is 4.40. The molecule has 94 valence electrons. The number of nitrogens with one attached hydrogen (secondary N) is 1. The molecule has 0 radical (unpaired) electrons. The normalized spacial score (nSPS) is 17.8. The maximum Gasteiger partial charge on any atom is 0.0438 e. The van der Waals surface area contributed by atoms with Crippen molar-refractivity contribution >= 4 is 23.4 Å². The first-order chi connectivity index (χ1) is 8.15. The molecule has 0 aliphatic heterocycles. The summed E-state index contributed by atoms with van der Waals surface area (Å²) in [6.07, 6.45) is 6.33. The van der Waals surface area contributed by atoms with E-state index in [1.165, 1.54) is 24.8 Å². The lowest BCUT2D eigenvalue weighted by Crippen LogP contribution is -2.43. The predicted octanol–water partition coefficient (Wildman–Crippen LogP) is 4.02. The van der Waals surface area contributed by atoms with Crippen LogP contribution in [0.15, 0.2) is 18.2 Å². The monoisotopic (exact) mass is 269 g/mol. The fraction of sp³-hybridized carbons (Fsp3) is 0.571. The van der Waals surface area contributed by atoms with Crippen LogP contribution >= 0.6 is 23.4 Å². The smallest absolute Gasteiger partial charge is 0.0438 e. The lowest BCUT2D eigenvalue weighted by Gasteiger charge is -2.40. The summed E-state index contributed by atoms with van der Waals surface area (Å²) < 4.78 is 0.508. The van der Waals surface area contributed by atoms with Crippen LogP contribution in [0, 0.1) is 6.92 Å². The third kappa shape index (κ3) is 3.18. The maximum absolute atomic E-state index is 6.12. The number of halogens is 1. The van der Waals surface area contributed by atoms with Crippen LogP contribution in [0.25, 0.3) is 0 Å². The molecule has 0 spiro atoms. The van der Waals surface area contributed by atoms with E-state index >= 15 is 0 Å². The molecule has 0 bridgehead atoms. The van der Waals surface area contributed by atoms with Crippen LogP contribution in [0.4, 0.5) is 0 Å². The van der Waals surface area contributed by atoms with Crippen LogP contribution in [0.3, 0.4) is 0 Å². The van der Waals surface area contributed by atoms with Crippen molar-refractivity contribution in [3.8, 4) is 0 Å². The number of hydrogen-bond donors (Lipinski definition) is 1. The molecule has 1 saturated carbocycles. The molecule has 1 nitrogen and oxygen atoms in total. The predicted molar refractivity (Wildman–Crippen MR) is 78.0 cm³/mol. The summed E-state index contributed by atoms with van der Waals surface area (Å²) in [6, 6.07) is 6.31. The molecule has 1 fully saturated rings. The second-order valence-electron chi connectivity index (χ2n) is 4.93. The molecular weight excluding hydrogens is 250 g/mol. The Morgan fingerprint density at radius 1 is 1.41 bits per heavy atom. The number of thioether (sulfide) groups is 1. The molecule has 1 aromatic carbocycles. The van der Waals surface area contributed by atoms with Crippen molar-refractivity contribution in [3.63, 3.8) is 0 Å². The van der Waals surface area contributed by atoms with E-state index < -0.39 is 0 Å². The molecule has 3 heteroatoms. The standard InChI is InChI=1S/C14H20ClNS/c1-11-4-5-12(8-13(11)15)9-16-10-14(17-2)6-3-7-14/h4-5,8,16H,3,6-7,9-10H2,1-2H3. The first-order valence-electron chi connectivity index (χ1n) is 6.16. The highest BCUT2D eigenvalue weighted by Crippen LogP contribution is 2.42. The summed E-state index contributed by atoms with van der Waals surface area (Å²) >= 11 is 8.13. The van der Waals surface area contributed by atoms with Gasteiger partial charge in [0.1, 0.15) is 0 Å². The van der Waals surface area contributed by atoms with Gasteiger partial charge in [0.15, 0.2) is 0 Å². The Hall–Kier alpha value is -0.180. The van der Waals surface area contributed by atoms with Gasteiger partial charge in [0.05, 0.1) is 0 Å². The Balaban J connectivity index is 1.83. The highest BCUT2D eigenvalue weighted by molar-refractivity contribution is 8.00. The minimum Gasteiger partial charge on any atom is -0.311 e. The third-order valence-corrected chi connectivity index (χ3v) is 5.54. The van der Waals surface area contributed by atoms with Crippen molar-refractivity contribution in [3.05, 3.63) is 34.3 Å². The Bertz CT molecular complexity index is 382.